The highest BCUT2D eigenvalue weighted by Crippen LogP contribution is 2.39. The lowest BCUT2D eigenvalue weighted by atomic mass is 10.1. The van der Waals surface area contributed by atoms with Crippen molar-refractivity contribution >= 4 is 17.8 Å². The van der Waals surface area contributed by atoms with Gasteiger partial charge in [-0.05, 0) is 30.9 Å². The second kappa shape index (κ2) is 4.19. The van der Waals surface area contributed by atoms with Crippen LogP contribution < -0.4 is 0 Å². The Hall–Kier alpha value is -2.17. The van der Waals surface area contributed by atoms with Crippen LogP contribution in [0.15, 0.2) is 24.3 Å². The molecular formula is C14H13NO4. The fourth-order valence-electron chi connectivity index (χ4n) is 2.64. The molecule has 2 aliphatic rings. The van der Waals surface area contributed by atoms with Gasteiger partial charge < -0.3 is 5.11 Å². The van der Waals surface area contributed by atoms with Crippen LogP contribution in [0, 0.1) is 5.92 Å². The van der Waals surface area contributed by atoms with Crippen LogP contribution in [0.4, 0.5) is 0 Å². The van der Waals surface area contributed by atoms with Gasteiger partial charge in [-0.25, -0.2) is 0 Å². The molecule has 2 amide bonds. The van der Waals surface area contributed by atoms with Gasteiger partial charge in [0.05, 0.1) is 23.6 Å². The normalized spacial score (nSPS) is 19.5. The predicted molar refractivity (Wildman–Crippen MR) is 65.7 cm³/mol. The number of benzene rings is 1. The van der Waals surface area contributed by atoms with Crippen LogP contribution in [0.3, 0.4) is 0 Å². The van der Waals surface area contributed by atoms with Gasteiger partial charge in [-0.15, -0.1) is 0 Å². The van der Waals surface area contributed by atoms with Gasteiger partial charge in [-0.3, -0.25) is 19.3 Å². The van der Waals surface area contributed by atoms with E-state index in [4.69, 9.17) is 5.11 Å². The summed E-state index contributed by atoms with van der Waals surface area (Å²) in [5.41, 5.74) is 0.757. The smallest absolute Gasteiger partial charge is 0.305 e. The van der Waals surface area contributed by atoms with Crippen LogP contribution in [0.5, 0.6) is 0 Å². The van der Waals surface area contributed by atoms with Gasteiger partial charge >= 0.3 is 5.97 Å². The first-order valence-electron chi connectivity index (χ1n) is 6.28. The summed E-state index contributed by atoms with van der Waals surface area (Å²) < 4.78 is 0. The van der Waals surface area contributed by atoms with Crippen molar-refractivity contribution in [2.75, 3.05) is 0 Å². The van der Waals surface area contributed by atoms with Gasteiger partial charge in [0, 0.05) is 0 Å². The molecule has 98 valence electrons. The topological polar surface area (TPSA) is 74.7 Å². The molecule has 1 fully saturated rings. The third-order valence-corrected chi connectivity index (χ3v) is 3.71. The van der Waals surface area contributed by atoms with Crippen molar-refractivity contribution in [3.63, 3.8) is 0 Å². The molecule has 1 aliphatic carbocycles. The molecule has 1 aromatic carbocycles. The Bertz CT molecular complexity index is 542. The summed E-state index contributed by atoms with van der Waals surface area (Å²) >= 11 is 0. The minimum absolute atomic E-state index is 0.137. The zero-order chi connectivity index (χ0) is 13.6. The number of aliphatic carboxylic acids is 1. The number of carboxylic acids is 1. The van der Waals surface area contributed by atoms with Gasteiger partial charge in [0.15, 0.2) is 0 Å². The first-order valence-corrected chi connectivity index (χ1v) is 6.28. The van der Waals surface area contributed by atoms with Crippen LogP contribution in [-0.2, 0) is 4.79 Å². The van der Waals surface area contributed by atoms with E-state index in [1.165, 1.54) is 0 Å². The zero-order valence-corrected chi connectivity index (χ0v) is 10.2. The summed E-state index contributed by atoms with van der Waals surface area (Å²) in [5.74, 6) is -1.57. The van der Waals surface area contributed by atoms with E-state index >= 15 is 0 Å². The number of nitrogens with zero attached hydrogens (tertiary/aromatic N) is 1. The molecule has 1 N–H and O–H groups in total. The number of carbonyl (C=O) groups is 3. The number of carbonyl (C=O) groups excluding carboxylic acids is 2. The first kappa shape index (κ1) is 11.9. The van der Waals surface area contributed by atoms with E-state index in [2.05, 4.69) is 0 Å². The Morgan fingerprint density at radius 1 is 1.21 bits per heavy atom. The second-order valence-corrected chi connectivity index (χ2v) is 5.03. The van der Waals surface area contributed by atoms with E-state index in [0.29, 0.717) is 11.1 Å². The lowest BCUT2D eigenvalue weighted by Crippen LogP contribution is -2.42. The maximum Gasteiger partial charge on any atom is 0.305 e. The third kappa shape index (κ3) is 1.91. The predicted octanol–water partition coefficient (Wildman–Crippen LogP) is 1.54. The summed E-state index contributed by atoms with van der Waals surface area (Å²) in [4.78, 5) is 36.6. The van der Waals surface area contributed by atoms with Gasteiger partial charge in [0.1, 0.15) is 0 Å². The monoisotopic (exact) mass is 259 g/mol. The molecule has 1 aliphatic heterocycles. The minimum atomic E-state index is -0.978. The molecular weight excluding hydrogens is 246 g/mol. The number of imide groups is 1. The quantitative estimate of drug-likeness (QED) is 0.832. The zero-order valence-electron chi connectivity index (χ0n) is 10.2. The summed E-state index contributed by atoms with van der Waals surface area (Å²) in [7, 11) is 0. The van der Waals surface area contributed by atoms with Crippen LogP contribution in [0.1, 0.15) is 40.0 Å². The van der Waals surface area contributed by atoms with Gasteiger partial charge in [-0.1, -0.05) is 12.1 Å². The highest BCUT2D eigenvalue weighted by atomic mass is 16.4. The molecule has 3 rings (SSSR count). The molecule has 0 bridgehead atoms. The molecule has 1 heterocycles. The molecule has 0 aromatic heterocycles. The number of hydrogen-bond donors (Lipinski definition) is 1. The average Bonchev–Trinajstić information content (AvgIpc) is 3.18. The van der Waals surface area contributed by atoms with Gasteiger partial charge in [-0.2, -0.15) is 0 Å². The van der Waals surface area contributed by atoms with Crippen LogP contribution in [-0.4, -0.2) is 33.8 Å². The number of amides is 2. The Kier molecular flexibility index (Phi) is 2.62. The third-order valence-electron chi connectivity index (χ3n) is 3.71. The van der Waals surface area contributed by atoms with E-state index in [9.17, 15) is 14.4 Å². The minimum Gasteiger partial charge on any atom is -0.481 e. The van der Waals surface area contributed by atoms with Gasteiger partial charge in [0.25, 0.3) is 11.8 Å². The second-order valence-electron chi connectivity index (χ2n) is 5.03. The molecule has 19 heavy (non-hydrogen) atoms. The fourth-order valence-corrected chi connectivity index (χ4v) is 2.64. The molecule has 0 radical (unpaired) electrons. The number of fused-ring (bicyclic) bond motifs is 1. The maximum absolute atomic E-state index is 12.3. The summed E-state index contributed by atoms with van der Waals surface area (Å²) in [6, 6.07) is 6.12. The molecule has 0 saturated heterocycles. The van der Waals surface area contributed by atoms with Crippen LogP contribution >= 0.6 is 0 Å². The van der Waals surface area contributed by atoms with Crippen molar-refractivity contribution in [1.29, 1.82) is 0 Å². The molecule has 1 atom stereocenters. The van der Waals surface area contributed by atoms with E-state index in [1.807, 2.05) is 0 Å². The average molecular weight is 259 g/mol. The Morgan fingerprint density at radius 3 is 2.16 bits per heavy atom. The Labute approximate surface area is 109 Å². The van der Waals surface area contributed by atoms with E-state index in [0.717, 1.165) is 17.7 Å². The van der Waals surface area contributed by atoms with Crippen LogP contribution in [0.2, 0.25) is 0 Å². The molecule has 5 heteroatoms. The van der Waals surface area contributed by atoms with E-state index < -0.39 is 12.0 Å². The summed E-state index contributed by atoms with van der Waals surface area (Å²) in [6.07, 6.45) is 1.59. The highest BCUT2D eigenvalue weighted by Gasteiger charge is 2.46. The maximum atomic E-state index is 12.3. The van der Waals surface area contributed by atoms with Crippen molar-refractivity contribution in [1.82, 2.24) is 4.90 Å². The molecule has 1 aromatic rings. The van der Waals surface area contributed by atoms with Crippen molar-refractivity contribution < 1.29 is 19.5 Å². The highest BCUT2D eigenvalue weighted by molar-refractivity contribution is 6.21. The van der Waals surface area contributed by atoms with E-state index in [1.54, 1.807) is 24.3 Å². The Balaban J connectivity index is 1.95. The van der Waals surface area contributed by atoms with Crippen molar-refractivity contribution in [3.05, 3.63) is 35.4 Å². The van der Waals surface area contributed by atoms with E-state index in [-0.39, 0.29) is 24.2 Å². The van der Waals surface area contributed by atoms with Gasteiger partial charge in [0.2, 0.25) is 0 Å². The Morgan fingerprint density at radius 2 is 1.74 bits per heavy atom. The summed E-state index contributed by atoms with van der Waals surface area (Å²) in [6.45, 7) is 0. The lowest BCUT2D eigenvalue weighted by Gasteiger charge is -2.24. The van der Waals surface area contributed by atoms with Crippen molar-refractivity contribution in [2.45, 2.75) is 25.3 Å². The molecule has 1 saturated carbocycles. The van der Waals surface area contributed by atoms with Crippen molar-refractivity contribution in [2.24, 2.45) is 5.92 Å². The summed E-state index contributed by atoms with van der Waals surface area (Å²) in [5, 5.41) is 8.96. The standard InChI is InChI=1S/C14H13NO4/c16-12(17)7-11(8-5-6-8)15-13(18)9-3-1-2-4-10(9)14(15)19/h1-4,8,11H,5-7H2,(H,16,17). The van der Waals surface area contributed by atoms with Crippen LogP contribution in [0.25, 0.3) is 0 Å². The first-order chi connectivity index (χ1) is 9.09. The number of hydrogen-bond acceptors (Lipinski definition) is 3. The SMILES string of the molecule is O=C(O)CC(C1CC1)N1C(=O)c2ccccc2C1=O. The fraction of sp³-hybridized carbons (Fsp3) is 0.357. The largest absolute Gasteiger partial charge is 0.481 e. The number of carboxylic acid groups (broad SMARTS) is 1. The molecule has 0 spiro atoms. The lowest BCUT2D eigenvalue weighted by molar-refractivity contribution is -0.138. The molecule has 1 unspecified atom stereocenters. The number of rotatable bonds is 4. The molecule has 5 nitrogen and oxygen atoms in total. The van der Waals surface area contributed by atoms with Crippen molar-refractivity contribution in [3.8, 4) is 0 Å².